The highest BCUT2D eigenvalue weighted by atomic mass is 16.5. The Bertz CT molecular complexity index is 235. The van der Waals surface area contributed by atoms with Gasteiger partial charge in [0.15, 0.2) is 0 Å². The second-order valence-corrected chi connectivity index (χ2v) is 3.99. The van der Waals surface area contributed by atoms with Crippen molar-refractivity contribution in [1.82, 2.24) is 4.90 Å². The van der Waals surface area contributed by atoms with Crippen LogP contribution in [0.5, 0.6) is 0 Å². The van der Waals surface area contributed by atoms with Crippen molar-refractivity contribution in [3.8, 4) is 0 Å². The number of rotatable bonds is 5. The summed E-state index contributed by atoms with van der Waals surface area (Å²) in [6.45, 7) is 2.79. The number of carboxylic acid groups (broad SMARTS) is 1. The van der Waals surface area contributed by atoms with Crippen molar-refractivity contribution in [3.63, 3.8) is 0 Å². The van der Waals surface area contributed by atoms with Gasteiger partial charge in [-0.3, -0.25) is 9.69 Å². The van der Waals surface area contributed by atoms with Crippen molar-refractivity contribution in [2.24, 2.45) is 0 Å². The number of aliphatic carboxylic acids is 1. The minimum Gasteiger partial charge on any atom is -0.480 e. The molecule has 1 heterocycles. The third-order valence-corrected chi connectivity index (χ3v) is 2.77. The molecule has 6 nitrogen and oxygen atoms in total. The van der Waals surface area contributed by atoms with Gasteiger partial charge in [0, 0.05) is 19.7 Å². The Labute approximate surface area is 94.8 Å². The SMILES string of the molecule is COCC(C(=O)O)N1CC(CO)OCC1C. The van der Waals surface area contributed by atoms with E-state index in [0.717, 1.165) is 0 Å². The molecule has 0 aromatic carbocycles. The summed E-state index contributed by atoms with van der Waals surface area (Å²) in [5, 5.41) is 18.1. The number of aliphatic hydroxyl groups excluding tert-OH is 1. The van der Waals surface area contributed by atoms with Crippen LogP contribution in [0.3, 0.4) is 0 Å². The quantitative estimate of drug-likeness (QED) is 0.645. The number of morpholine rings is 1. The monoisotopic (exact) mass is 233 g/mol. The Morgan fingerprint density at radius 2 is 2.38 bits per heavy atom. The van der Waals surface area contributed by atoms with Gasteiger partial charge in [0.25, 0.3) is 0 Å². The van der Waals surface area contributed by atoms with Crippen LogP contribution in [-0.2, 0) is 14.3 Å². The van der Waals surface area contributed by atoms with Gasteiger partial charge in [-0.05, 0) is 6.92 Å². The molecular weight excluding hydrogens is 214 g/mol. The Morgan fingerprint density at radius 3 is 2.88 bits per heavy atom. The summed E-state index contributed by atoms with van der Waals surface area (Å²) >= 11 is 0. The topological polar surface area (TPSA) is 79.2 Å². The molecule has 0 aliphatic carbocycles. The molecule has 3 atom stereocenters. The van der Waals surface area contributed by atoms with Crippen LogP contribution in [0.4, 0.5) is 0 Å². The summed E-state index contributed by atoms with van der Waals surface area (Å²) in [5.41, 5.74) is 0. The van der Waals surface area contributed by atoms with Crippen LogP contribution >= 0.6 is 0 Å². The molecule has 0 amide bonds. The number of ether oxygens (including phenoxy) is 2. The molecule has 0 radical (unpaired) electrons. The second kappa shape index (κ2) is 6.15. The molecule has 1 aliphatic heterocycles. The zero-order valence-electron chi connectivity index (χ0n) is 9.63. The molecule has 1 rings (SSSR count). The van der Waals surface area contributed by atoms with Gasteiger partial charge in [0.05, 0.1) is 25.9 Å². The second-order valence-electron chi connectivity index (χ2n) is 3.99. The highest BCUT2D eigenvalue weighted by Gasteiger charge is 2.34. The third-order valence-electron chi connectivity index (χ3n) is 2.77. The fourth-order valence-corrected chi connectivity index (χ4v) is 1.85. The lowest BCUT2D eigenvalue weighted by atomic mass is 10.1. The lowest BCUT2D eigenvalue weighted by Crippen LogP contribution is -2.57. The molecular formula is C10H19NO5. The van der Waals surface area contributed by atoms with Gasteiger partial charge < -0.3 is 19.7 Å². The van der Waals surface area contributed by atoms with Gasteiger partial charge in [0.1, 0.15) is 6.04 Å². The van der Waals surface area contributed by atoms with Crippen LogP contribution in [-0.4, -0.2) is 72.7 Å². The first-order valence-corrected chi connectivity index (χ1v) is 5.30. The molecule has 2 N–H and O–H groups in total. The Kier molecular flexibility index (Phi) is 5.14. The van der Waals surface area contributed by atoms with Crippen molar-refractivity contribution in [3.05, 3.63) is 0 Å². The number of methoxy groups -OCH3 is 1. The molecule has 1 saturated heterocycles. The van der Waals surface area contributed by atoms with Gasteiger partial charge in [-0.2, -0.15) is 0 Å². The summed E-state index contributed by atoms with van der Waals surface area (Å²) in [6.07, 6.45) is -0.310. The van der Waals surface area contributed by atoms with E-state index in [1.807, 2.05) is 6.92 Å². The smallest absolute Gasteiger partial charge is 0.323 e. The van der Waals surface area contributed by atoms with E-state index in [1.165, 1.54) is 7.11 Å². The van der Waals surface area contributed by atoms with E-state index in [2.05, 4.69) is 0 Å². The highest BCUT2D eigenvalue weighted by Crippen LogP contribution is 2.15. The van der Waals surface area contributed by atoms with Gasteiger partial charge in [-0.25, -0.2) is 0 Å². The fraction of sp³-hybridized carbons (Fsp3) is 0.900. The maximum atomic E-state index is 11.1. The molecule has 0 aromatic rings. The first-order valence-electron chi connectivity index (χ1n) is 5.30. The van der Waals surface area contributed by atoms with Crippen LogP contribution < -0.4 is 0 Å². The summed E-state index contributed by atoms with van der Waals surface area (Å²) in [4.78, 5) is 12.9. The fourth-order valence-electron chi connectivity index (χ4n) is 1.85. The van der Waals surface area contributed by atoms with E-state index < -0.39 is 12.0 Å². The maximum Gasteiger partial charge on any atom is 0.323 e. The first kappa shape index (κ1) is 13.4. The number of carboxylic acids is 1. The lowest BCUT2D eigenvalue weighted by Gasteiger charge is -2.40. The molecule has 16 heavy (non-hydrogen) atoms. The highest BCUT2D eigenvalue weighted by molar-refractivity contribution is 5.73. The summed E-state index contributed by atoms with van der Waals surface area (Å²) < 4.78 is 10.3. The average molecular weight is 233 g/mol. The number of carbonyl (C=O) groups is 1. The first-order chi connectivity index (χ1) is 7.60. The Hall–Kier alpha value is -0.690. The summed E-state index contributed by atoms with van der Waals surface area (Å²) in [6, 6.07) is -0.669. The molecule has 0 aromatic heterocycles. The number of hydrogen-bond acceptors (Lipinski definition) is 5. The average Bonchev–Trinajstić information content (AvgIpc) is 2.27. The number of hydrogen-bond donors (Lipinski definition) is 2. The molecule has 0 bridgehead atoms. The number of nitrogens with zero attached hydrogens (tertiary/aromatic N) is 1. The molecule has 6 heteroatoms. The molecule has 0 spiro atoms. The Morgan fingerprint density at radius 1 is 1.69 bits per heavy atom. The van der Waals surface area contributed by atoms with Crippen molar-refractivity contribution in [2.45, 2.75) is 25.1 Å². The predicted octanol–water partition coefficient (Wildman–Crippen LogP) is -0.832. The zero-order chi connectivity index (χ0) is 12.1. The summed E-state index contributed by atoms with van der Waals surface area (Å²) in [7, 11) is 1.48. The van der Waals surface area contributed by atoms with Crippen LogP contribution in [0.25, 0.3) is 0 Å². The number of aliphatic hydroxyl groups is 1. The predicted molar refractivity (Wildman–Crippen MR) is 56.3 cm³/mol. The van der Waals surface area contributed by atoms with Crippen LogP contribution in [0.1, 0.15) is 6.92 Å². The van der Waals surface area contributed by atoms with Gasteiger partial charge in [-0.1, -0.05) is 0 Å². The van der Waals surface area contributed by atoms with E-state index in [-0.39, 0.29) is 25.4 Å². The van der Waals surface area contributed by atoms with E-state index in [9.17, 15) is 4.79 Å². The Balaban J connectivity index is 2.68. The summed E-state index contributed by atoms with van der Waals surface area (Å²) in [5.74, 6) is -0.910. The van der Waals surface area contributed by atoms with Gasteiger partial charge >= 0.3 is 5.97 Å². The van der Waals surface area contributed by atoms with Crippen molar-refractivity contribution < 1.29 is 24.5 Å². The lowest BCUT2D eigenvalue weighted by molar-refractivity contribution is -0.154. The van der Waals surface area contributed by atoms with E-state index in [1.54, 1.807) is 4.90 Å². The van der Waals surface area contributed by atoms with Crippen molar-refractivity contribution >= 4 is 5.97 Å². The molecule has 3 unspecified atom stereocenters. The van der Waals surface area contributed by atoms with Crippen molar-refractivity contribution in [2.75, 3.05) is 33.5 Å². The van der Waals surface area contributed by atoms with E-state index >= 15 is 0 Å². The molecule has 1 fully saturated rings. The van der Waals surface area contributed by atoms with Crippen LogP contribution in [0, 0.1) is 0 Å². The van der Waals surface area contributed by atoms with E-state index in [0.29, 0.717) is 13.2 Å². The normalized spacial score (nSPS) is 28.9. The van der Waals surface area contributed by atoms with Crippen LogP contribution in [0.2, 0.25) is 0 Å². The van der Waals surface area contributed by atoms with Crippen LogP contribution in [0.15, 0.2) is 0 Å². The van der Waals surface area contributed by atoms with E-state index in [4.69, 9.17) is 19.7 Å². The minimum atomic E-state index is -0.910. The molecule has 1 aliphatic rings. The third kappa shape index (κ3) is 3.15. The zero-order valence-corrected chi connectivity index (χ0v) is 9.63. The minimum absolute atomic E-state index is 0.0130. The largest absolute Gasteiger partial charge is 0.480 e. The standard InChI is InChI=1S/C10H19NO5/c1-7-5-16-8(4-12)3-11(7)9(6-15-2)10(13)14/h7-9,12H,3-6H2,1-2H3,(H,13,14). The van der Waals surface area contributed by atoms with Gasteiger partial charge in [-0.15, -0.1) is 0 Å². The van der Waals surface area contributed by atoms with Gasteiger partial charge in [0.2, 0.25) is 0 Å². The van der Waals surface area contributed by atoms with Crippen molar-refractivity contribution in [1.29, 1.82) is 0 Å². The molecule has 94 valence electrons. The maximum absolute atomic E-state index is 11.1. The molecule has 0 saturated carbocycles.